The van der Waals surface area contributed by atoms with Gasteiger partial charge in [-0.25, -0.2) is 9.59 Å². The van der Waals surface area contributed by atoms with Crippen LogP contribution in [0.1, 0.15) is 54.5 Å². The van der Waals surface area contributed by atoms with Crippen LogP contribution in [0.4, 0.5) is 15.3 Å². The molecule has 7 heteroatoms. The van der Waals surface area contributed by atoms with Crippen molar-refractivity contribution in [3.8, 4) is 23.5 Å². The lowest BCUT2D eigenvalue weighted by Gasteiger charge is -2.37. The lowest BCUT2D eigenvalue weighted by molar-refractivity contribution is 0.0240. The third-order valence-corrected chi connectivity index (χ3v) is 7.69. The van der Waals surface area contributed by atoms with E-state index in [1.165, 1.54) is 22.3 Å². The van der Waals surface area contributed by atoms with Crippen molar-refractivity contribution in [3.05, 3.63) is 88.5 Å². The highest BCUT2D eigenvalue weighted by Crippen LogP contribution is 2.44. The number of ether oxygens (including phenoxy) is 2. The van der Waals surface area contributed by atoms with Gasteiger partial charge in [-0.15, -0.1) is 6.42 Å². The summed E-state index contributed by atoms with van der Waals surface area (Å²) in [5.41, 5.74) is 7.92. The summed E-state index contributed by atoms with van der Waals surface area (Å²) in [6.07, 6.45) is 5.03. The summed E-state index contributed by atoms with van der Waals surface area (Å²) in [7, 11) is 0. The third kappa shape index (κ3) is 6.17. The fourth-order valence-electron chi connectivity index (χ4n) is 5.63. The second kappa shape index (κ2) is 11.6. The van der Waals surface area contributed by atoms with E-state index in [-0.39, 0.29) is 18.6 Å². The number of rotatable bonds is 5. The highest BCUT2D eigenvalue weighted by Gasteiger charge is 2.29. The fourth-order valence-corrected chi connectivity index (χ4v) is 5.63. The van der Waals surface area contributed by atoms with Crippen molar-refractivity contribution >= 4 is 17.9 Å². The topological polar surface area (TPSA) is 71.1 Å². The molecular formula is C34H37N3O4. The molecule has 1 N–H and O–H groups in total. The minimum atomic E-state index is -0.527. The maximum atomic E-state index is 12.8. The van der Waals surface area contributed by atoms with Crippen molar-refractivity contribution in [2.24, 2.45) is 0 Å². The van der Waals surface area contributed by atoms with Gasteiger partial charge in [0.15, 0.2) is 0 Å². The Morgan fingerprint density at radius 2 is 1.59 bits per heavy atom. The Morgan fingerprint density at radius 3 is 2.17 bits per heavy atom. The van der Waals surface area contributed by atoms with E-state index in [1.807, 2.05) is 64.1 Å². The molecule has 0 atom stereocenters. The third-order valence-electron chi connectivity index (χ3n) is 7.69. The number of nitrogens with one attached hydrogen (secondary N) is 1. The Morgan fingerprint density at radius 1 is 0.976 bits per heavy atom. The first-order chi connectivity index (χ1) is 19.6. The zero-order valence-corrected chi connectivity index (χ0v) is 24.2. The molecule has 3 aromatic rings. The van der Waals surface area contributed by atoms with E-state index in [0.29, 0.717) is 32.7 Å². The molecule has 1 saturated heterocycles. The SMILES string of the molecule is C#Cc1cc(CNC(=O)OCC2c3ccccc3-c3ccccc32)c(C)c(N2CCN(C(=O)OC(C)(C)C)CC2)c1. The summed E-state index contributed by atoms with van der Waals surface area (Å²) < 4.78 is 11.3. The van der Waals surface area contributed by atoms with Gasteiger partial charge >= 0.3 is 12.2 Å². The molecule has 2 amide bonds. The average Bonchev–Trinajstić information content (AvgIpc) is 3.28. The van der Waals surface area contributed by atoms with Crippen LogP contribution in [0.3, 0.4) is 0 Å². The average molecular weight is 552 g/mol. The van der Waals surface area contributed by atoms with Gasteiger partial charge in [0.2, 0.25) is 0 Å². The number of carbonyl (C=O) groups excluding carboxylic acids is 2. The molecule has 212 valence electrons. The number of carbonyl (C=O) groups is 2. The van der Waals surface area contributed by atoms with Crippen molar-refractivity contribution in [2.75, 3.05) is 37.7 Å². The molecule has 1 aliphatic carbocycles. The molecule has 7 nitrogen and oxygen atoms in total. The Kier molecular flexibility index (Phi) is 7.94. The van der Waals surface area contributed by atoms with Crippen LogP contribution in [0, 0.1) is 19.3 Å². The summed E-state index contributed by atoms with van der Waals surface area (Å²) in [5, 5.41) is 2.92. The highest BCUT2D eigenvalue weighted by atomic mass is 16.6. The van der Waals surface area contributed by atoms with Crippen LogP contribution in [-0.4, -0.2) is 55.5 Å². The number of terminal acetylenes is 1. The highest BCUT2D eigenvalue weighted by molar-refractivity contribution is 5.79. The molecule has 2 aliphatic rings. The predicted octanol–water partition coefficient (Wildman–Crippen LogP) is 6.07. The van der Waals surface area contributed by atoms with Gasteiger partial charge in [-0.05, 0) is 73.2 Å². The van der Waals surface area contributed by atoms with Gasteiger partial charge in [0.25, 0.3) is 0 Å². The van der Waals surface area contributed by atoms with Gasteiger partial charge < -0.3 is 24.6 Å². The molecule has 1 aliphatic heterocycles. The quantitative estimate of drug-likeness (QED) is 0.390. The maximum absolute atomic E-state index is 12.8. The number of anilines is 1. The lowest BCUT2D eigenvalue weighted by atomic mass is 9.98. The molecule has 0 bridgehead atoms. The van der Waals surface area contributed by atoms with Crippen molar-refractivity contribution < 1.29 is 19.1 Å². The smallest absolute Gasteiger partial charge is 0.410 e. The summed E-state index contributed by atoms with van der Waals surface area (Å²) in [5.74, 6) is 2.75. The van der Waals surface area contributed by atoms with E-state index in [9.17, 15) is 9.59 Å². The number of fused-ring (bicyclic) bond motifs is 3. The summed E-state index contributed by atoms with van der Waals surface area (Å²) in [6.45, 7) is 10.6. The van der Waals surface area contributed by atoms with Gasteiger partial charge in [0.1, 0.15) is 12.2 Å². The summed E-state index contributed by atoms with van der Waals surface area (Å²) >= 11 is 0. The standard InChI is InChI=1S/C34H37N3O4/c1-6-24-19-25(23(2)31(20-24)36-15-17-37(18-16-36)33(39)41-34(3,4)5)21-35-32(38)40-22-30-28-13-9-7-11-26(28)27-12-8-10-14-29(27)30/h1,7-14,19-20,30H,15-18,21-22H2,2-5H3,(H,35,38). The molecule has 0 unspecified atom stereocenters. The Balaban J connectivity index is 1.21. The zero-order chi connectivity index (χ0) is 29.1. The molecule has 0 spiro atoms. The first-order valence-electron chi connectivity index (χ1n) is 14.1. The fraction of sp³-hybridized carbons (Fsp3) is 0.353. The van der Waals surface area contributed by atoms with E-state index >= 15 is 0 Å². The molecule has 41 heavy (non-hydrogen) atoms. The van der Waals surface area contributed by atoms with E-state index in [2.05, 4.69) is 40.4 Å². The number of amides is 2. The molecule has 0 radical (unpaired) electrons. The Bertz CT molecular complexity index is 1450. The Labute approximate surface area is 242 Å². The first-order valence-corrected chi connectivity index (χ1v) is 14.1. The minimum absolute atomic E-state index is 0.00519. The van der Waals surface area contributed by atoms with Crippen molar-refractivity contribution in [1.29, 1.82) is 0 Å². The molecule has 1 heterocycles. The molecule has 1 fully saturated rings. The predicted molar refractivity (Wildman–Crippen MR) is 161 cm³/mol. The van der Waals surface area contributed by atoms with Crippen LogP contribution in [0.2, 0.25) is 0 Å². The molecule has 5 rings (SSSR count). The lowest BCUT2D eigenvalue weighted by Crippen LogP contribution is -2.50. The number of benzene rings is 3. The van der Waals surface area contributed by atoms with Gasteiger partial charge in [0, 0.05) is 49.9 Å². The van der Waals surface area contributed by atoms with E-state index in [0.717, 1.165) is 22.4 Å². The number of alkyl carbamates (subject to hydrolysis) is 1. The second-order valence-electron chi connectivity index (χ2n) is 11.6. The monoisotopic (exact) mass is 551 g/mol. The molecule has 0 aromatic heterocycles. The van der Waals surface area contributed by atoms with Crippen molar-refractivity contribution in [2.45, 2.75) is 45.8 Å². The number of nitrogens with zero attached hydrogens (tertiary/aromatic N) is 2. The van der Waals surface area contributed by atoms with Crippen molar-refractivity contribution in [1.82, 2.24) is 10.2 Å². The van der Waals surface area contributed by atoms with Gasteiger partial charge in [0.05, 0.1) is 0 Å². The van der Waals surface area contributed by atoms with Gasteiger partial charge in [-0.1, -0.05) is 54.5 Å². The van der Waals surface area contributed by atoms with Crippen LogP contribution in [0.25, 0.3) is 11.1 Å². The molecular weight excluding hydrogens is 514 g/mol. The number of piperazine rings is 1. The van der Waals surface area contributed by atoms with E-state index < -0.39 is 11.7 Å². The van der Waals surface area contributed by atoms with E-state index in [4.69, 9.17) is 15.9 Å². The van der Waals surface area contributed by atoms with Gasteiger partial charge in [-0.3, -0.25) is 0 Å². The number of hydrogen-bond donors (Lipinski definition) is 1. The maximum Gasteiger partial charge on any atom is 0.410 e. The molecule has 0 saturated carbocycles. The summed E-state index contributed by atoms with van der Waals surface area (Å²) in [4.78, 5) is 29.3. The normalized spacial score (nSPS) is 14.6. The largest absolute Gasteiger partial charge is 0.449 e. The summed E-state index contributed by atoms with van der Waals surface area (Å²) in [6, 6.07) is 20.5. The minimum Gasteiger partial charge on any atom is -0.449 e. The Hall–Kier alpha value is -4.44. The van der Waals surface area contributed by atoms with Crippen LogP contribution >= 0.6 is 0 Å². The van der Waals surface area contributed by atoms with E-state index in [1.54, 1.807) is 4.90 Å². The van der Waals surface area contributed by atoms with Crippen LogP contribution in [0.5, 0.6) is 0 Å². The van der Waals surface area contributed by atoms with Crippen LogP contribution in [-0.2, 0) is 16.0 Å². The zero-order valence-electron chi connectivity index (χ0n) is 24.2. The van der Waals surface area contributed by atoms with Crippen LogP contribution < -0.4 is 10.2 Å². The first kappa shape index (κ1) is 28.1. The van der Waals surface area contributed by atoms with Crippen LogP contribution in [0.15, 0.2) is 60.7 Å². The van der Waals surface area contributed by atoms with Gasteiger partial charge in [-0.2, -0.15) is 0 Å². The number of hydrogen-bond acceptors (Lipinski definition) is 5. The second-order valence-corrected chi connectivity index (χ2v) is 11.6. The molecule has 3 aromatic carbocycles. The van der Waals surface area contributed by atoms with Crippen molar-refractivity contribution in [3.63, 3.8) is 0 Å².